The highest BCUT2D eigenvalue weighted by atomic mass is 32.2. The molecule has 0 aromatic heterocycles. The molecule has 2 aromatic carbocycles. The summed E-state index contributed by atoms with van der Waals surface area (Å²) in [6, 6.07) is 12.3. The van der Waals surface area contributed by atoms with Crippen molar-refractivity contribution < 1.29 is 8.78 Å². The van der Waals surface area contributed by atoms with Crippen molar-refractivity contribution in [3.8, 4) is 0 Å². The maximum atomic E-state index is 13.3. The average Bonchev–Trinajstić information content (AvgIpc) is 2.43. The summed E-state index contributed by atoms with van der Waals surface area (Å²) in [4.78, 5) is 1.17. The largest absolute Gasteiger partial charge is 0.312 e. The third kappa shape index (κ3) is 3.81. The Kier molecular flexibility index (Phi) is 5.15. The lowest BCUT2D eigenvalue weighted by Gasteiger charge is -2.16. The zero-order valence-corrected chi connectivity index (χ0v) is 12.3. The zero-order valence-electron chi connectivity index (χ0n) is 11.5. The van der Waals surface area contributed by atoms with Gasteiger partial charge < -0.3 is 5.32 Å². The van der Waals surface area contributed by atoms with Crippen LogP contribution in [0.15, 0.2) is 47.4 Å². The molecule has 0 fully saturated rings. The van der Waals surface area contributed by atoms with Gasteiger partial charge in [0.15, 0.2) is 11.6 Å². The predicted molar refractivity (Wildman–Crippen MR) is 80.1 cm³/mol. The Bertz CT molecular complexity index is 586. The molecule has 1 N–H and O–H groups in total. The SMILES string of the molecule is CNC(CSc1cccc(C)c1)c1ccc(F)c(F)c1. The van der Waals surface area contributed by atoms with Gasteiger partial charge in [-0.3, -0.25) is 0 Å². The van der Waals surface area contributed by atoms with Crippen LogP contribution >= 0.6 is 11.8 Å². The summed E-state index contributed by atoms with van der Waals surface area (Å²) in [5.41, 5.74) is 1.97. The van der Waals surface area contributed by atoms with Crippen LogP contribution in [0.1, 0.15) is 17.2 Å². The Balaban J connectivity index is 2.07. The van der Waals surface area contributed by atoms with E-state index >= 15 is 0 Å². The Morgan fingerprint density at radius 2 is 1.90 bits per heavy atom. The van der Waals surface area contributed by atoms with Crippen molar-refractivity contribution in [2.24, 2.45) is 0 Å². The number of halogens is 2. The van der Waals surface area contributed by atoms with Gasteiger partial charge in [-0.25, -0.2) is 8.78 Å². The number of aryl methyl sites for hydroxylation is 1. The number of nitrogens with one attached hydrogen (secondary N) is 1. The van der Waals surface area contributed by atoms with Gasteiger partial charge in [-0.05, 0) is 43.8 Å². The first kappa shape index (κ1) is 15.0. The molecule has 0 heterocycles. The molecule has 20 heavy (non-hydrogen) atoms. The van der Waals surface area contributed by atoms with Crippen molar-refractivity contribution in [1.29, 1.82) is 0 Å². The number of hydrogen-bond acceptors (Lipinski definition) is 2. The molecule has 0 bridgehead atoms. The monoisotopic (exact) mass is 293 g/mol. The summed E-state index contributed by atoms with van der Waals surface area (Å²) in [5.74, 6) is -0.858. The second-order valence-corrected chi connectivity index (χ2v) is 5.74. The maximum Gasteiger partial charge on any atom is 0.159 e. The first-order valence-corrected chi connectivity index (χ1v) is 7.40. The normalized spacial score (nSPS) is 12.4. The number of rotatable bonds is 5. The minimum atomic E-state index is -0.810. The molecule has 1 unspecified atom stereocenters. The van der Waals surface area contributed by atoms with Crippen LogP contribution in [0, 0.1) is 18.6 Å². The molecule has 0 aliphatic heterocycles. The number of hydrogen-bond donors (Lipinski definition) is 1. The molecular formula is C16H17F2NS. The van der Waals surface area contributed by atoms with Gasteiger partial charge in [0.2, 0.25) is 0 Å². The van der Waals surface area contributed by atoms with Crippen LogP contribution < -0.4 is 5.32 Å². The molecule has 0 saturated heterocycles. The molecule has 2 aromatic rings. The summed E-state index contributed by atoms with van der Waals surface area (Å²) in [5, 5.41) is 3.14. The molecular weight excluding hydrogens is 276 g/mol. The summed E-state index contributed by atoms with van der Waals surface area (Å²) in [6.07, 6.45) is 0. The fourth-order valence-corrected chi connectivity index (χ4v) is 3.12. The van der Waals surface area contributed by atoms with E-state index in [1.807, 2.05) is 13.1 Å². The molecule has 1 atom stereocenters. The standard InChI is InChI=1S/C16H17F2NS/c1-11-4-3-5-13(8-11)20-10-16(19-2)12-6-7-14(17)15(18)9-12/h3-9,16,19H,10H2,1-2H3. The van der Waals surface area contributed by atoms with E-state index < -0.39 is 11.6 Å². The van der Waals surface area contributed by atoms with Crippen LogP contribution in [-0.4, -0.2) is 12.8 Å². The molecule has 0 spiro atoms. The van der Waals surface area contributed by atoms with E-state index in [2.05, 4.69) is 30.4 Å². The molecule has 4 heteroatoms. The Morgan fingerprint density at radius 3 is 2.55 bits per heavy atom. The van der Waals surface area contributed by atoms with Gasteiger partial charge in [-0.15, -0.1) is 11.8 Å². The van der Waals surface area contributed by atoms with Gasteiger partial charge in [-0.2, -0.15) is 0 Å². The third-order valence-corrected chi connectivity index (χ3v) is 4.19. The van der Waals surface area contributed by atoms with E-state index in [1.54, 1.807) is 17.8 Å². The van der Waals surface area contributed by atoms with E-state index in [4.69, 9.17) is 0 Å². The molecule has 0 radical (unpaired) electrons. The van der Waals surface area contributed by atoms with Crippen LogP contribution in [0.25, 0.3) is 0 Å². The number of benzene rings is 2. The van der Waals surface area contributed by atoms with E-state index in [0.29, 0.717) is 0 Å². The molecule has 2 rings (SSSR count). The van der Waals surface area contributed by atoms with Gasteiger partial charge in [0.1, 0.15) is 0 Å². The Labute approximate surface area is 122 Å². The molecule has 0 aliphatic carbocycles. The summed E-state index contributed by atoms with van der Waals surface area (Å²) in [7, 11) is 1.82. The molecule has 0 amide bonds. The lowest BCUT2D eigenvalue weighted by Crippen LogP contribution is -2.19. The smallest absolute Gasteiger partial charge is 0.159 e. The van der Waals surface area contributed by atoms with Gasteiger partial charge in [-0.1, -0.05) is 23.8 Å². The average molecular weight is 293 g/mol. The Hall–Kier alpha value is -1.39. The lowest BCUT2D eigenvalue weighted by molar-refractivity contribution is 0.504. The van der Waals surface area contributed by atoms with Crippen molar-refractivity contribution in [3.05, 3.63) is 65.2 Å². The van der Waals surface area contributed by atoms with Crippen molar-refractivity contribution in [2.45, 2.75) is 17.9 Å². The topological polar surface area (TPSA) is 12.0 Å². The first-order valence-electron chi connectivity index (χ1n) is 6.42. The zero-order chi connectivity index (χ0) is 14.5. The van der Waals surface area contributed by atoms with Gasteiger partial charge in [0.25, 0.3) is 0 Å². The van der Waals surface area contributed by atoms with Crippen molar-refractivity contribution in [1.82, 2.24) is 5.32 Å². The quantitative estimate of drug-likeness (QED) is 0.824. The van der Waals surface area contributed by atoms with Crippen LogP contribution in [0.3, 0.4) is 0 Å². The van der Waals surface area contributed by atoms with Crippen molar-refractivity contribution >= 4 is 11.8 Å². The summed E-state index contributed by atoms with van der Waals surface area (Å²) in [6.45, 7) is 2.05. The van der Waals surface area contributed by atoms with Crippen molar-refractivity contribution in [3.63, 3.8) is 0 Å². The van der Waals surface area contributed by atoms with Crippen LogP contribution in [-0.2, 0) is 0 Å². The Morgan fingerprint density at radius 1 is 1.10 bits per heavy atom. The first-order chi connectivity index (χ1) is 9.60. The fourth-order valence-electron chi connectivity index (χ4n) is 1.96. The van der Waals surface area contributed by atoms with E-state index in [-0.39, 0.29) is 6.04 Å². The van der Waals surface area contributed by atoms with E-state index in [1.165, 1.54) is 22.6 Å². The lowest BCUT2D eigenvalue weighted by atomic mass is 10.1. The highest BCUT2D eigenvalue weighted by molar-refractivity contribution is 7.99. The van der Waals surface area contributed by atoms with Gasteiger partial charge in [0.05, 0.1) is 0 Å². The van der Waals surface area contributed by atoms with Crippen molar-refractivity contribution in [2.75, 3.05) is 12.8 Å². The molecule has 0 aliphatic rings. The van der Waals surface area contributed by atoms with Gasteiger partial charge >= 0.3 is 0 Å². The highest BCUT2D eigenvalue weighted by Crippen LogP contribution is 2.26. The third-order valence-electron chi connectivity index (χ3n) is 3.10. The number of thioether (sulfide) groups is 1. The predicted octanol–water partition coefficient (Wildman–Crippen LogP) is 4.33. The molecule has 106 valence electrons. The fraction of sp³-hybridized carbons (Fsp3) is 0.250. The van der Waals surface area contributed by atoms with Crippen LogP contribution in [0.5, 0.6) is 0 Å². The van der Waals surface area contributed by atoms with Gasteiger partial charge in [0, 0.05) is 16.7 Å². The minimum absolute atomic E-state index is 0.0180. The van der Waals surface area contributed by atoms with Crippen LogP contribution in [0.4, 0.5) is 8.78 Å². The van der Waals surface area contributed by atoms with E-state index in [9.17, 15) is 8.78 Å². The summed E-state index contributed by atoms with van der Waals surface area (Å²) >= 11 is 1.69. The highest BCUT2D eigenvalue weighted by Gasteiger charge is 2.12. The molecule has 1 nitrogen and oxygen atoms in total. The van der Waals surface area contributed by atoms with Crippen LogP contribution in [0.2, 0.25) is 0 Å². The second kappa shape index (κ2) is 6.86. The maximum absolute atomic E-state index is 13.3. The second-order valence-electron chi connectivity index (χ2n) is 4.64. The molecule has 0 saturated carbocycles. The summed E-state index contributed by atoms with van der Waals surface area (Å²) < 4.78 is 26.2. The van der Waals surface area contributed by atoms with E-state index in [0.717, 1.165) is 11.3 Å². The minimum Gasteiger partial charge on any atom is -0.312 e.